The van der Waals surface area contributed by atoms with Crippen LogP contribution in [0.5, 0.6) is 0 Å². The van der Waals surface area contributed by atoms with E-state index < -0.39 is 0 Å². The molecule has 0 amide bonds. The van der Waals surface area contributed by atoms with E-state index in [1.54, 1.807) is 12.5 Å². The highest BCUT2D eigenvalue weighted by Gasteiger charge is 1.97. The summed E-state index contributed by atoms with van der Waals surface area (Å²) < 4.78 is 0. The van der Waals surface area contributed by atoms with Crippen molar-refractivity contribution in [2.24, 2.45) is 0 Å². The van der Waals surface area contributed by atoms with Gasteiger partial charge in [0.15, 0.2) is 0 Å². The number of aromatic amines is 1. The monoisotopic (exact) mass is 149 g/mol. The van der Waals surface area contributed by atoms with Crippen LogP contribution in [0.3, 0.4) is 0 Å². The molecule has 0 radical (unpaired) electrons. The standard InChI is InChI=1S/C8H11N3/c1-3-4-11(2)6-8-5-9-7-10-8/h1,5,7H,4,6H2,2H3,(H,9,10). The van der Waals surface area contributed by atoms with Crippen LogP contribution in [-0.2, 0) is 6.54 Å². The number of H-pyrrole nitrogens is 1. The zero-order chi connectivity index (χ0) is 8.10. The first-order valence-corrected chi connectivity index (χ1v) is 3.42. The molecule has 3 nitrogen and oxygen atoms in total. The minimum absolute atomic E-state index is 0.666. The molecule has 1 rings (SSSR count). The Labute approximate surface area is 66.4 Å². The van der Waals surface area contributed by atoms with E-state index in [1.807, 2.05) is 11.9 Å². The quantitative estimate of drug-likeness (QED) is 0.634. The van der Waals surface area contributed by atoms with Crippen LogP contribution in [0.15, 0.2) is 12.5 Å². The minimum Gasteiger partial charge on any atom is -0.347 e. The summed E-state index contributed by atoms with van der Waals surface area (Å²) in [4.78, 5) is 8.94. The predicted molar refractivity (Wildman–Crippen MR) is 43.8 cm³/mol. The van der Waals surface area contributed by atoms with Gasteiger partial charge in [0.25, 0.3) is 0 Å². The number of nitrogens with zero attached hydrogens (tertiary/aromatic N) is 2. The lowest BCUT2D eigenvalue weighted by Gasteiger charge is -2.10. The Morgan fingerprint density at radius 2 is 2.64 bits per heavy atom. The molecule has 11 heavy (non-hydrogen) atoms. The zero-order valence-electron chi connectivity index (χ0n) is 6.54. The van der Waals surface area contributed by atoms with Crippen molar-refractivity contribution >= 4 is 0 Å². The Balaban J connectivity index is 2.38. The maximum absolute atomic E-state index is 5.14. The van der Waals surface area contributed by atoms with E-state index in [4.69, 9.17) is 6.42 Å². The molecule has 0 saturated heterocycles. The molecule has 0 aliphatic carbocycles. The highest BCUT2D eigenvalue weighted by atomic mass is 15.1. The molecular formula is C8H11N3. The highest BCUT2D eigenvalue weighted by Crippen LogP contribution is 1.95. The molecule has 0 unspecified atom stereocenters. The van der Waals surface area contributed by atoms with Gasteiger partial charge in [-0.25, -0.2) is 4.98 Å². The molecule has 0 aromatic carbocycles. The van der Waals surface area contributed by atoms with Gasteiger partial charge in [-0.05, 0) is 7.05 Å². The minimum atomic E-state index is 0.666. The molecule has 58 valence electrons. The van der Waals surface area contributed by atoms with Gasteiger partial charge in [0.2, 0.25) is 0 Å². The number of aromatic nitrogens is 2. The van der Waals surface area contributed by atoms with Gasteiger partial charge >= 0.3 is 0 Å². The molecule has 0 atom stereocenters. The summed E-state index contributed by atoms with van der Waals surface area (Å²) >= 11 is 0. The van der Waals surface area contributed by atoms with Crippen LogP contribution in [-0.4, -0.2) is 28.5 Å². The summed E-state index contributed by atoms with van der Waals surface area (Å²) in [5.74, 6) is 2.57. The third-order valence-electron chi connectivity index (χ3n) is 1.36. The number of nitrogens with one attached hydrogen (secondary N) is 1. The molecule has 0 aliphatic heterocycles. The Morgan fingerprint density at radius 1 is 1.82 bits per heavy atom. The summed E-state index contributed by atoms with van der Waals surface area (Å²) in [5, 5.41) is 0. The first kappa shape index (κ1) is 7.83. The van der Waals surface area contributed by atoms with Crippen molar-refractivity contribution in [3.8, 4) is 12.3 Å². The molecule has 3 heteroatoms. The first-order valence-electron chi connectivity index (χ1n) is 3.42. The van der Waals surface area contributed by atoms with Gasteiger partial charge in [0.1, 0.15) is 0 Å². The Morgan fingerprint density at radius 3 is 3.18 bits per heavy atom. The van der Waals surface area contributed by atoms with Crippen molar-refractivity contribution in [3.05, 3.63) is 18.2 Å². The van der Waals surface area contributed by atoms with Gasteiger partial charge in [-0.15, -0.1) is 6.42 Å². The number of terminal acetylenes is 1. The second kappa shape index (κ2) is 3.79. The van der Waals surface area contributed by atoms with Crippen LogP contribution in [0.2, 0.25) is 0 Å². The van der Waals surface area contributed by atoms with Crippen LogP contribution in [0.25, 0.3) is 0 Å². The van der Waals surface area contributed by atoms with E-state index in [9.17, 15) is 0 Å². The average molecular weight is 149 g/mol. The van der Waals surface area contributed by atoms with Crippen molar-refractivity contribution in [3.63, 3.8) is 0 Å². The molecule has 1 aromatic heterocycles. The van der Waals surface area contributed by atoms with Crippen LogP contribution >= 0.6 is 0 Å². The fourth-order valence-corrected chi connectivity index (χ4v) is 0.874. The second-order valence-corrected chi connectivity index (χ2v) is 2.45. The molecule has 0 fully saturated rings. The van der Waals surface area contributed by atoms with Crippen LogP contribution in [0.1, 0.15) is 5.69 Å². The number of imidazole rings is 1. The third kappa shape index (κ3) is 2.44. The fourth-order valence-electron chi connectivity index (χ4n) is 0.874. The summed E-state index contributed by atoms with van der Waals surface area (Å²) in [6, 6.07) is 0. The van der Waals surface area contributed by atoms with Crippen molar-refractivity contribution < 1.29 is 0 Å². The lowest BCUT2D eigenvalue weighted by atomic mass is 10.4. The van der Waals surface area contributed by atoms with Crippen LogP contribution < -0.4 is 0 Å². The highest BCUT2D eigenvalue weighted by molar-refractivity contribution is 4.95. The van der Waals surface area contributed by atoms with E-state index >= 15 is 0 Å². The maximum atomic E-state index is 5.14. The first-order chi connectivity index (χ1) is 5.33. The number of hydrogen-bond acceptors (Lipinski definition) is 2. The van der Waals surface area contributed by atoms with E-state index in [-0.39, 0.29) is 0 Å². The molecule has 0 aliphatic rings. The molecular weight excluding hydrogens is 138 g/mol. The van der Waals surface area contributed by atoms with E-state index in [0.717, 1.165) is 12.2 Å². The zero-order valence-corrected chi connectivity index (χ0v) is 6.54. The summed E-state index contributed by atoms with van der Waals surface area (Å²) in [6.45, 7) is 1.49. The molecule has 1 heterocycles. The number of hydrogen-bond donors (Lipinski definition) is 1. The van der Waals surface area contributed by atoms with Crippen molar-refractivity contribution in [2.45, 2.75) is 6.54 Å². The summed E-state index contributed by atoms with van der Waals surface area (Å²) in [6.07, 6.45) is 8.61. The van der Waals surface area contributed by atoms with Crippen molar-refractivity contribution in [1.82, 2.24) is 14.9 Å². The Bertz CT molecular complexity index is 232. The van der Waals surface area contributed by atoms with Gasteiger partial charge < -0.3 is 4.98 Å². The maximum Gasteiger partial charge on any atom is 0.0922 e. The smallest absolute Gasteiger partial charge is 0.0922 e. The molecule has 0 saturated carbocycles. The summed E-state index contributed by atoms with van der Waals surface area (Å²) in [7, 11) is 1.97. The second-order valence-electron chi connectivity index (χ2n) is 2.45. The lowest BCUT2D eigenvalue weighted by Crippen LogP contribution is -2.17. The Kier molecular flexibility index (Phi) is 2.70. The average Bonchev–Trinajstić information content (AvgIpc) is 2.40. The van der Waals surface area contributed by atoms with E-state index in [2.05, 4.69) is 15.9 Å². The number of rotatable bonds is 3. The van der Waals surface area contributed by atoms with Crippen LogP contribution in [0, 0.1) is 12.3 Å². The molecule has 0 spiro atoms. The van der Waals surface area contributed by atoms with Gasteiger partial charge in [-0.1, -0.05) is 5.92 Å². The normalized spacial score (nSPS) is 9.91. The van der Waals surface area contributed by atoms with Gasteiger partial charge in [0.05, 0.1) is 12.9 Å². The Hall–Kier alpha value is -1.27. The van der Waals surface area contributed by atoms with Gasteiger partial charge in [-0.3, -0.25) is 4.90 Å². The fraction of sp³-hybridized carbons (Fsp3) is 0.375. The topological polar surface area (TPSA) is 31.9 Å². The molecule has 1 aromatic rings. The third-order valence-corrected chi connectivity index (χ3v) is 1.36. The summed E-state index contributed by atoms with van der Waals surface area (Å²) in [5.41, 5.74) is 1.09. The predicted octanol–water partition coefficient (Wildman–Crippen LogP) is 0.475. The van der Waals surface area contributed by atoms with Crippen molar-refractivity contribution in [2.75, 3.05) is 13.6 Å². The molecule has 1 N–H and O–H groups in total. The van der Waals surface area contributed by atoms with Gasteiger partial charge in [-0.2, -0.15) is 0 Å². The largest absolute Gasteiger partial charge is 0.347 e. The van der Waals surface area contributed by atoms with E-state index in [0.29, 0.717) is 6.54 Å². The SMILES string of the molecule is C#CCN(C)Cc1cnc[nH]1. The molecule has 0 bridgehead atoms. The van der Waals surface area contributed by atoms with E-state index in [1.165, 1.54) is 0 Å². The van der Waals surface area contributed by atoms with Crippen LogP contribution in [0.4, 0.5) is 0 Å². The lowest BCUT2D eigenvalue weighted by molar-refractivity contribution is 0.365. The van der Waals surface area contributed by atoms with Crippen molar-refractivity contribution in [1.29, 1.82) is 0 Å². The van der Waals surface area contributed by atoms with Gasteiger partial charge in [0, 0.05) is 18.4 Å².